The number of hydrogen-bond donors (Lipinski definition) is 5. The first-order valence-corrected chi connectivity index (χ1v) is 18.3. The molecule has 0 aromatic heterocycles. The van der Waals surface area contributed by atoms with Gasteiger partial charge < -0.3 is 35.2 Å². The Balaban J connectivity index is 1.11. The first kappa shape index (κ1) is 35.8. The molecule has 1 saturated heterocycles. The summed E-state index contributed by atoms with van der Waals surface area (Å²) in [6.07, 6.45) is 9.48. The normalized spacial score (nSPS) is 42.8. The van der Waals surface area contributed by atoms with Crippen molar-refractivity contribution in [1.82, 2.24) is 5.32 Å². The van der Waals surface area contributed by atoms with E-state index in [-0.39, 0.29) is 24.4 Å². The summed E-state index contributed by atoms with van der Waals surface area (Å²) < 4.78 is 11.0. The fourth-order valence-electron chi connectivity index (χ4n) is 10.7. The summed E-state index contributed by atoms with van der Waals surface area (Å²) in [7, 11) is 0. The van der Waals surface area contributed by atoms with Crippen LogP contribution in [-0.2, 0) is 19.1 Å². The second-order valence-electron chi connectivity index (χ2n) is 16.5. The van der Waals surface area contributed by atoms with Gasteiger partial charge in [0.15, 0.2) is 6.29 Å². The molecule has 0 spiro atoms. The van der Waals surface area contributed by atoms with Crippen LogP contribution in [0.2, 0.25) is 0 Å². The van der Waals surface area contributed by atoms with Gasteiger partial charge in [-0.25, -0.2) is 0 Å². The van der Waals surface area contributed by atoms with Crippen LogP contribution < -0.4 is 5.32 Å². The number of carbonyl (C=O) groups is 2. The molecule has 1 amide bonds. The van der Waals surface area contributed by atoms with Crippen LogP contribution in [-0.4, -0.2) is 75.7 Å². The van der Waals surface area contributed by atoms with E-state index in [2.05, 4.69) is 46.0 Å². The Kier molecular flexibility index (Phi) is 11.3. The maximum atomic E-state index is 12.8. The summed E-state index contributed by atoms with van der Waals surface area (Å²) in [6, 6.07) is -1.27. The number of esters is 1. The van der Waals surface area contributed by atoms with Gasteiger partial charge in [0.2, 0.25) is 5.91 Å². The van der Waals surface area contributed by atoms with Crippen LogP contribution in [0.25, 0.3) is 0 Å². The zero-order valence-electron chi connectivity index (χ0n) is 28.8. The predicted molar refractivity (Wildman–Crippen MR) is 174 cm³/mol. The monoisotopic (exact) mass is 647 g/mol. The number of aliphatic hydroxyl groups excluding tert-OH is 4. The molecule has 4 fully saturated rings. The van der Waals surface area contributed by atoms with Crippen molar-refractivity contribution in [2.75, 3.05) is 6.61 Å². The zero-order chi connectivity index (χ0) is 33.4. The molecule has 262 valence electrons. The van der Waals surface area contributed by atoms with Crippen molar-refractivity contribution in [3.8, 4) is 0 Å². The number of carbonyl (C=O) groups excluding carboxylic acids is 2. The number of nitrogens with one attached hydrogen (secondary N) is 1. The van der Waals surface area contributed by atoms with Gasteiger partial charge in [0.25, 0.3) is 0 Å². The molecule has 5 N–H and O–H groups in total. The van der Waals surface area contributed by atoms with Crippen molar-refractivity contribution in [1.29, 1.82) is 0 Å². The highest BCUT2D eigenvalue weighted by atomic mass is 16.6. The minimum atomic E-state index is -1.59. The van der Waals surface area contributed by atoms with Gasteiger partial charge >= 0.3 is 5.97 Å². The average Bonchev–Trinajstić information content (AvgIpc) is 3.37. The molecular formula is C37H61NO8. The third-order valence-electron chi connectivity index (χ3n) is 13.3. The smallest absolute Gasteiger partial charge is 0.306 e. The standard InChI is InChI=1S/C37H61NO8/c1-21(2)7-6-8-22(3)26-11-12-27-25-10-9-23-19-24(15-17-36(23,4)28(25)16-18-37(26,27)5)45-31(41)14-13-30(40)38-32-34(43)33(42)29(20-39)46-35(32)44/h9,21-22,24-29,32-35,39,42-44H,6-8,10-20H2,1-5H3,(H,38,40). The first-order valence-electron chi connectivity index (χ1n) is 18.3. The number of ether oxygens (including phenoxy) is 2. The molecule has 13 atom stereocenters. The summed E-state index contributed by atoms with van der Waals surface area (Å²) in [4.78, 5) is 25.3. The minimum absolute atomic E-state index is 0.123. The van der Waals surface area contributed by atoms with Gasteiger partial charge in [0, 0.05) is 12.8 Å². The molecule has 0 radical (unpaired) electrons. The lowest BCUT2D eigenvalue weighted by molar-refractivity contribution is -0.253. The van der Waals surface area contributed by atoms with E-state index in [0.717, 1.165) is 55.3 Å². The second kappa shape index (κ2) is 14.5. The topological polar surface area (TPSA) is 146 Å². The van der Waals surface area contributed by atoms with Crippen LogP contribution in [0.3, 0.4) is 0 Å². The fourth-order valence-corrected chi connectivity index (χ4v) is 10.7. The Hall–Kier alpha value is -1.52. The van der Waals surface area contributed by atoms with E-state index in [1.807, 2.05) is 0 Å². The molecule has 0 aromatic carbocycles. The number of hydrogen-bond acceptors (Lipinski definition) is 8. The van der Waals surface area contributed by atoms with Crippen LogP contribution in [0.15, 0.2) is 11.6 Å². The molecule has 1 aliphatic heterocycles. The molecule has 9 nitrogen and oxygen atoms in total. The molecule has 0 aromatic rings. The number of aliphatic hydroxyl groups is 4. The van der Waals surface area contributed by atoms with Gasteiger partial charge in [0.1, 0.15) is 30.5 Å². The average molecular weight is 648 g/mol. The maximum absolute atomic E-state index is 12.8. The highest BCUT2D eigenvalue weighted by molar-refractivity contribution is 5.81. The Morgan fingerprint density at radius 2 is 1.76 bits per heavy atom. The molecule has 3 saturated carbocycles. The van der Waals surface area contributed by atoms with E-state index in [9.17, 15) is 30.0 Å². The van der Waals surface area contributed by atoms with E-state index in [4.69, 9.17) is 9.47 Å². The Labute approximate surface area is 275 Å². The SMILES string of the molecule is CC(C)CCCC(C)C1CCC2C3CC=C4CC(OC(=O)CCC(=O)NC5C(O)OC(CO)C(O)C5O)CCC4(C)C3CCC12C. The number of fused-ring (bicyclic) bond motifs is 5. The lowest BCUT2D eigenvalue weighted by Crippen LogP contribution is -2.64. The summed E-state index contributed by atoms with van der Waals surface area (Å²) in [5, 5.41) is 42.1. The molecular weight excluding hydrogens is 586 g/mol. The van der Waals surface area contributed by atoms with Gasteiger partial charge in [-0.1, -0.05) is 65.5 Å². The highest BCUT2D eigenvalue weighted by Gasteiger charge is 2.59. The van der Waals surface area contributed by atoms with E-state index < -0.39 is 49.1 Å². The summed E-state index contributed by atoms with van der Waals surface area (Å²) in [5.74, 6) is 3.68. The van der Waals surface area contributed by atoms with Gasteiger partial charge in [-0.15, -0.1) is 0 Å². The number of amides is 1. The predicted octanol–water partition coefficient (Wildman–Crippen LogP) is 4.64. The summed E-state index contributed by atoms with van der Waals surface area (Å²) in [5.41, 5.74) is 2.08. The van der Waals surface area contributed by atoms with Crippen molar-refractivity contribution < 1.29 is 39.5 Å². The van der Waals surface area contributed by atoms with E-state index in [1.165, 1.54) is 50.5 Å². The van der Waals surface area contributed by atoms with Crippen molar-refractivity contribution in [2.24, 2.45) is 46.3 Å². The van der Waals surface area contributed by atoms with Gasteiger partial charge in [-0.05, 0) is 91.3 Å². The van der Waals surface area contributed by atoms with Gasteiger partial charge in [0.05, 0.1) is 13.0 Å². The molecule has 46 heavy (non-hydrogen) atoms. The van der Waals surface area contributed by atoms with E-state index in [1.54, 1.807) is 0 Å². The van der Waals surface area contributed by atoms with Crippen molar-refractivity contribution in [2.45, 2.75) is 155 Å². The summed E-state index contributed by atoms with van der Waals surface area (Å²) >= 11 is 0. The molecule has 9 heteroatoms. The molecule has 4 aliphatic carbocycles. The largest absolute Gasteiger partial charge is 0.462 e. The number of allylic oxidation sites excluding steroid dienone is 1. The highest BCUT2D eigenvalue weighted by Crippen LogP contribution is 2.67. The molecule has 5 aliphatic rings. The van der Waals surface area contributed by atoms with Crippen LogP contribution in [0.5, 0.6) is 0 Å². The molecule has 5 rings (SSSR count). The van der Waals surface area contributed by atoms with Crippen molar-refractivity contribution in [3.05, 3.63) is 11.6 Å². The number of rotatable bonds is 11. The second-order valence-corrected chi connectivity index (χ2v) is 16.5. The van der Waals surface area contributed by atoms with Gasteiger partial charge in [-0.2, -0.15) is 0 Å². The van der Waals surface area contributed by atoms with Crippen molar-refractivity contribution >= 4 is 11.9 Å². The lowest BCUT2D eigenvalue weighted by atomic mass is 9.47. The first-order chi connectivity index (χ1) is 21.8. The van der Waals surface area contributed by atoms with Crippen LogP contribution in [0.1, 0.15) is 118 Å². The Morgan fingerprint density at radius 3 is 2.48 bits per heavy atom. The van der Waals surface area contributed by atoms with E-state index >= 15 is 0 Å². The maximum Gasteiger partial charge on any atom is 0.306 e. The quantitative estimate of drug-likeness (QED) is 0.161. The fraction of sp³-hybridized carbons (Fsp3) is 0.892. The van der Waals surface area contributed by atoms with E-state index in [0.29, 0.717) is 11.3 Å². The Morgan fingerprint density at radius 1 is 1.00 bits per heavy atom. The van der Waals surface area contributed by atoms with Crippen LogP contribution in [0.4, 0.5) is 0 Å². The van der Waals surface area contributed by atoms with Crippen LogP contribution in [0, 0.1) is 46.3 Å². The minimum Gasteiger partial charge on any atom is -0.462 e. The van der Waals surface area contributed by atoms with Gasteiger partial charge in [-0.3, -0.25) is 9.59 Å². The molecule has 0 bridgehead atoms. The zero-order valence-corrected chi connectivity index (χ0v) is 28.8. The van der Waals surface area contributed by atoms with Crippen molar-refractivity contribution in [3.63, 3.8) is 0 Å². The third kappa shape index (κ3) is 7.10. The van der Waals surface area contributed by atoms with Crippen LogP contribution >= 0.6 is 0 Å². The Bertz CT molecular complexity index is 1110. The third-order valence-corrected chi connectivity index (χ3v) is 13.3. The lowest BCUT2D eigenvalue weighted by Gasteiger charge is -2.58. The molecule has 13 unspecified atom stereocenters. The molecule has 1 heterocycles. The summed E-state index contributed by atoms with van der Waals surface area (Å²) in [6.45, 7) is 11.7.